The van der Waals surface area contributed by atoms with Crippen LogP contribution in [0, 0.1) is 35.7 Å². The number of anilines is 1. The van der Waals surface area contributed by atoms with Crippen LogP contribution in [-0.2, 0) is 0 Å². The van der Waals surface area contributed by atoms with Crippen molar-refractivity contribution in [1.82, 2.24) is 9.80 Å². The molecular formula is C20H15F3N6O. The van der Waals surface area contributed by atoms with Gasteiger partial charge in [-0.3, -0.25) is 9.80 Å². The molecule has 10 heteroatoms. The Morgan fingerprint density at radius 1 is 1.20 bits per heavy atom. The van der Waals surface area contributed by atoms with Crippen molar-refractivity contribution in [3.63, 3.8) is 0 Å². The maximum Gasteiger partial charge on any atom is 0.353 e. The van der Waals surface area contributed by atoms with Gasteiger partial charge in [0, 0.05) is 12.7 Å². The third-order valence-electron chi connectivity index (χ3n) is 4.95. The molecule has 1 atom stereocenters. The van der Waals surface area contributed by atoms with Gasteiger partial charge in [0.1, 0.15) is 0 Å². The van der Waals surface area contributed by atoms with E-state index >= 15 is 0 Å². The number of benzene rings is 2. The summed E-state index contributed by atoms with van der Waals surface area (Å²) in [4.78, 5) is 23.4. The summed E-state index contributed by atoms with van der Waals surface area (Å²) in [5.74, 6) is -3.86. The molecule has 2 heterocycles. The molecule has 0 radical (unpaired) electrons. The standard InChI is InChI=1S/C20H15F3N6O/c1-10-3-4-11(8-24)5-15(10)26-18-27-20(30)28(2)19-25-9-16(29(18)19)12-6-13(21)17(23)14(22)7-12/h3-7,16H,9H2,1-2H3,(H,26,27,30). The van der Waals surface area contributed by atoms with E-state index in [4.69, 9.17) is 5.26 Å². The molecule has 1 unspecified atom stereocenters. The number of nitriles is 1. The maximum atomic E-state index is 13.8. The quantitative estimate of drug-likeness (QED) is 0.765. The fraction of sp³-hybridized carbons (Fsp3) is 0.200. The summed E-state index contributed by atoms with van der Waals surface area (Å²) in [7, 11) is 1.48. The Balaban J connectivity index is 1.77. The molecule has 2 aliphatic rings. The van der Waals surface area contributed by atoms with E-state index < -0.39 is 29.5 Å². The number of rotatable bonds is 2. The number of nitrogens with one attached hydrogen (secondary N) is 1. The molecule has 152 valence electrons. The summed E-state index contributed by atoms with van der Waals surface area (Å²) in [6.07, 6.45) is 0. The highest BCUT2D eigenvalue weighted by Crippen LogP contribution is 2.32. The van der Waals surface area contributed by atoms with Crippen molar-refractivity contribution < 1.29 is 18.0 Å². The van der Waals surface area contributed by atoms with E-state index in [-0.39, 0.29) is 24.0 Å². The number of carbonyl (C=O) groups is 1. The number of amides is 2. The summed E-state index contributed by atoms with van der Waals surface area (Å²) < 4.78 is 41.1. The number of hydrogen-bond acceptors (Lipinski definition) is 5. The summed E-state index contributed by atoms with van der Waals surface area (Å²) in [6, 6.07) is 7.52. The van der Waals surface area contributed by atoms with Gasteiger partial charge in [0.15, 0.2) is 17.5 Å². The molecule has 0 aliphatic carbocycles. The Labute approximate surface area is 169 Å². The van der Waals surface area contributed by atoms with E-state index in [9.17, 15) is 18.0 Å². The van der Waals surface area contributed by atoms with E-state index in [2.05, 4.69) is 15.3 Å². The van der Waals surface area contributed by atoms with E-state index in [1.165, 1.54) is 16.8 Å². The Morgan fingerprint density at radius 2 is 1.90 bits per heavy atom. The topological polar surface area (TPSA) is 84.1 Å². The zero-order valence-electron chi connectivity index (χ0n) is 15.9. The SMILES string of the molecule is Cc1ccc(C#N)cc1NC1=NC(=O)N(C)C2=NCC(c3cc(F)c(F)c(F)c3)N12. The number of aryl methyl sites for hydroxylation is 1. The van der Waals surface area contributed by atoms with Crippen LogP contribution in [0.4, 0.5) is 23.7 Å². The van der Waals surface area contributed by atoms with Crippen molar-refractivity contribution >= 4 is 23.6 Å². The number of nitrogens with zero attached hydrogens (tertiary/aromatic N) is 5. The monoisotopic (exact) mass is 412 g/mol. The molecule has 0 aromatic heterocycles. The normalized spacial score (nSPS) is 18.0. The fourth-order valence-electron chi connectivity index (χ4n) is 3.34. The average Bonchev–Trinajstić information content (AvgIpc) is 3.17. The van der Waals surface area contributed by atoms with Gasteiger partial charge >= 0.3 is 6.03 Å². The average molecular weight is 412 g/mol. The lowest BCUT2D eigenvalue weighted by Gasteiger charge is -2.35. The van der Waals surface area contributed by atoms with Gasteiger partial charge in [-0.15, -0.1) is 0 Å². The molecule has 2 aromatic carbocycles. The number of fused-ring (bicyclic) bond motifs is 1. The van der Waals surface area contributed by atoms with E-state index in [1.807, 2.05) is 13.0 Å². The maximum absolute atomic E-state index is 13.8. The summed E-state index contributed by atoms with van der Waals surface area (Å²) in [5.41, 5.74) is 1.87. The van der Waals surface area contributed by atoms with Crippen LogP contribution in [0.15, 0.2) is 40.3 Å². The van der Waals surface area contributed by atoms with Crippen LogP contribution >= 0.6 is 0 Å². The smallest absolute Gasteiger partial charge is 0.325 e. The third-order valence-corrected chi connectivity index (χ3v) is 4.95. The molecular weight excluding hydrogens is 397 g/mol. The molecule has 0 saturated heterocycles. The van der Waals surface area contributed by atoms with Gasteiger partial charge in [0.2, 0.25) is 11.9 Å². The van der Waals surface area contributed by atoms with Crippen molar-refractivity contribution in [2.24, 2.45) is 9.98 Å². The first-order valence-corrected chi connectivity index (χ1v) is 8.92. The molecule has 2 aliphatic heterocycles. The zero-order chi connectivity index (χ0) is 21.6. The predicted molar refractivity (Wildman–Crippen MR) is 103 cm³/mol. The lowest BCUT2D eigenvalue weighted by molar-refractivity contribution is 0.230. The van der Waals surface area contributed by atoms with Crippen LogP contribution in [0.25, 0.3) is 0 Å². The number of guanidine groups is 2. The molecule has 7 nitrogen and oxygen atoms in total. The van der Waals surface area contributed by atoms with Crippen LogP contribution in [-0.4, -0.2) is 41.3 Å². The Bertz CT molecular complexity index is 1150. The summed E-state index contributed by atoms with van der Waals surface area (Å²) in [5, 5.41) is 12.2. The van der Waals surface area contributed by atoms with Crippen molar-refractivity contribution in [2.45, 2.75) is 13.0 Å². The van der Waals surface area contributed by atoms with Crippen LogP contribution in [0.5, 0.6) is 0 Å². The molecule has 0 spiro atoms. The summed E-state index contributed by atoms with van der Waals surface area (Å²) >= 11 is 0. The number of halogens is 3. The largest absolute Gasteiger partial charge is 0.353 e. The van der Waals surface area contributed by atoms with Crippen LogP contribution in [0.2, 0.25) is 0 Å². The molecule has 0 fully saturated rings. The number of carbonyl (C=O) groups excluding carboxylic acids is 1. The highest BCUT2D eigenvalue weighted by atomic mass is 19.2. The minimum Gasteiger partial charge on any atom is -0.325 e. The first kappa shape index (κ1) is 19.4. The Hall–Kier alpha value is -3.87. The van der Waals surface area contributed by atoms with E-state index in [0.29, 0.717) is 11.3 Å². The minimum absolute atomic E-state index is 0.0788. The molecule has 2 amide bonds. The first-order valence-electron chi connectivity index (χ1n) is 8.92. The van der Waals surface area contributed by atoms with Crippen LogP contribution in [0.1, 0.15) is 22.7 Å². The minimum atomic E-state index is -1.56. The molecule has 4 rings (SSSR count). The summed E-state index contributed by atoms with van der Waals surface area (Å²) in [6.45, 7) is 1.89. The Morgan fingerprint density at radius 3 is 2.57 bits per heavy atom. The third kappa shape index (κ3) is 3.14. The highest BCUT2D eigenvalue weighted by Gasteiger charge is 2.41. The van der Waals surface area contributed by atoms with Crippen molar-refractivity contribution in [3.8, 4) is 6.07 Å². The zero-order valence-corrected chi connectivity index (χ0v) is 15.9. The number of urea groups is 1. The highest BCUT2D eigenvalue weighted by molar-refractivity contribution is 6.17. The Kier molecular flexibility index (Phi) is 4.66. The molecule has 1 N–H and O–H groups in total. The van der Waals surface area contributed by atoms with E-state index in [0.717, 1.165) is 17.7 Å². The van der Waals surface area contributed by atoms with Crippen molar-refractivity contribution in [1.29, 1.82) is 5.26 Å². The molecule has 30 heavy (non-hydrogen) atoms. The van der Waals surface area contributed by atoms with Gasteiger partial charge in [-0.1, -0.05) is 6.07 Å². The van der Waals surface area contributed by atoms with Gasteiger partial charge in [0.25, 0.3) is 0 Å². The number of aliphatic imine (C=N–C) groups is 2. The first-order chi connectivity index (χ1) is 14.3. The molecule has 0 bridgehead atoms. The molecule has 2 aromatic rings. The second-order valence-electron chi connectivity index (χ2n) is 6.87. The second-order valence-corrected chi connectivity index (χ2v) is 6.87. The lowest BCUT2D eigenvalue weighted by atomic mass is 10.1. The van der Waals surface area contributed by atoms with Crippen LogP contribution < -0.4 is 5.32 Å². The molecule has 0 saturated carbocycles. The second kappa shape index (κ2) is 7.18. The number of hydrogen-bond donors (Lipinski definition) is 1. The van der Waals surface area contributed by atoms with Gasteiger partial charge in [0.05, 0.1) is 24.2 Å². The lowest BCUT2D eigenvalue weighted by Crippen LogP contribution is -2.53. The van der Waals surface area contributed by atoms with Crippen LogP contribution in [0.3, 0.4) is 0 Å². The fourth-order valence-corrected chi connectivity index (χ4v) is 3.34. The van der Waals surface area contributed by atoms with Crippen molar-refractivity contribution in [3.05, 3.63) is 64.5 Å². The van der Waals surface area contributed by atoms with Gasteiger partial charge < -0.3 is 5.32 Å². The van der Waals surface area contributed by atoms with Gasteiger partial charge in [-0.2, -0.15) is 10.3 Å². The van der Waals surface area contributed by atoms with Gasteiger partial charge in [-0.05, 0) is 42.3 Å². The predicted octanol–water partition coefficient (Wildman–Crippen LogP) is 3.53. The van der Waals surface area contributed by atoms with Crippen molar-refractivity contribution in [2.75, 3.05) is 18.9 Å². The van der Waals surface area contributed by atoms with Gasteiger partial charge in [-0.25, -0.2) is 23.0 Å². The van der Waals surface area contributed by atoms with E-state index in [1.54, 1.807) is 18.2 Å².